The summed E-state index contributed by atoms with van der Waals surface area (Å²) in [6.45, 7) is 4.80. The zero-order valence-electron chi connectivity index (χ0n) is 11.1. The molecule has 1 aromatic rings. The lowest BCUT2D eigenvalue weighted by Gasteiger charge is -2.22. The molecular formula is C14H20N2O3. The van der Waals surface area contributed by atoms with Gasteiger partial charge in [-0.25, -0.2) is 0 Å². The SMILES string of the molecule is Cc1ccc(OCCNC(=O)C2COCCN2)cc1. The first-order valence-corrected chi connectivity index (χ1v) is 6.54. The maximum atomic E-state index is 11.7. The second-order valence-electron chi connectivity index (χ2n) is 4.53. The molecule has 1 amide bonds. The first-order chi connectivity index (χ1) is 9.25. The molecule has 5 nitrogen and oxygen atoms in total. The third-order valence-corrected chi connectivity index (χ3v) is 2.93. The van der Waals surface area contributed by atoms with Crippen molar-refractivity contribution in [2.45, 2.75) is 13.0 Å². The highest BCUT2D eigenvalue weighted by Crippen LogP contribution is 2.10. The molecule has 1 atom stereocenters. The number of benzene rings is 1. The topological polar surface area (TPSA) is 59.6 Å². The minimum atomic E-state index is -0.242. The smallest absolute Gasteiger partial charge is 0.239 e. The van der Waals surface area contributed by atoms with Gasteiger partial charge in [-0.15, -0.1) is 0 Å². The molecule has 104 valence electrons. The Kier molecular flexibility index (Phi) is 5.18. The van der Waals surface area contributed by atoms with Crippen molar-refractivity contribution in [2.24, 2.45) is 0 Å². The molecule has 1 aliphatic heterocycles. The average molecular weight is 264 g/mol. The Morgan fingerprint density at radius 3 is 2.95 bits per heavy atom. The standard InChI is InChI=1S/C14H20N2O3/c1-11-2-4-12(5-3-11)19-9-7-16-14(17)13-10-18-8-6-15-13/h2-5,13,15H,6-10H2,1H3,(H,16,17). The van der Waals surface area contributed by atoms with Gasteiger partial charge in [0.15, 0.2) is 0 Å². The maximum Gasteiger partial charge on any atom is 0.239 e. The predicted octanol–water partition coefficient (Wildman–Crippen LogP) is 0.478. The summed E-state index contributed by atoms with van der Waals surface area (Å²) in [4.78, 5) is 11.7. The van der Waals surface area contributed by atoms with Crippen LogP contribution in [0.15, 0.2) is 24.3 Å². The monoisotopic (exact) mass is 264 g/mol. The van der Waals surface area contributed by atoms with E-state index in [0.717, 1.165) is 12.3 Å². The summed E-state index contributed by atoms with van der Waals surface area (Å²) >= 11 is 0. The van der Waals surface area contributed by atoms with E-state index in [1.165, 1.54) is 5.56 Å². The zero-order chi connectivity index (χ0) is 13.5. The highest BCUT2D eigenvalue weighted by atomic mass is 16.5. The lowest BCUT2D eigenvalue weighted by Crippen LogP contribution is -2.51. The molecule has 2 rings (SSSR count). The summed E-state index contributed by atoms with van der Waals surface area (Å²) in [6, 6.07) is 7.60. The normalized spacial score (nSPS) is 18.9. The molecule has 0 saturated carbocycles. The Balaban J connectivity index is 1.63. The van der Waals surface area contributed by atoms with Crippen LogP contribution in [0.4, 0.5) is 0 Å². The van der Waals surface area contributed by atoms with E-state index in [4.69, 9.17) is 9.47 Å². The molecule has 0 aliphatic carbocycles. The van der Waals surface area contributed by atoms with Crippen molar-refractivity contribution in [1.82, 2.24) is 10.6 Å². The fourth-order valence-electron chi connectivity index (χ4n) is 1.83. The molecule has 19 heavy (non-hydrogen) atoms. The number of amides is 1. The van der Waals surface area contributed by atoms with Crippen LogP contribution in [0.25, 0.3) is 0 Å². The Hall–Kier alpha value is -1.59. The van der Waals surface area contributed by atoms with Crippen LogP contribution >= 0.6 is 0 Å². The van der Waals surface area contributed by atoms with Crippen LogP contribution in [-0.2, 0) is 9.53 Å². The second kappa shape index (κ2) is 7.11. The predicted molar refractivity (Wildman–Crippen MR) is 72.3 cm³/mol. The number of hydrogen-bond donors (Lipinski definition) is 2. The number of rotatable bonds is 5. The van der Waals surface area contributed by atoms with Crippen molar-refractivity contribution < 1.29 is 14.3 Å². The van der Waals surface area contributed by atoms with Gasteiger partial charge in [0.1, 0.15) is 18.4 Å². The van der Waals surface area contributed by atoms with E-state index in [-0.39, 0.29) is 11.9 Å². The minimum absolute atomic E-state index is 0.0350. The van der Waals surface area contributed by atoms with Crippen LogP contribution in [-0.4, -0.2) is 44.9 Å². The van der Waals surface area contributed by atoms with Gasteiger partial charge in [-0.2, -0.15) is 0 Å². The number of ether oxygens (including phenoxy) is 2. The van der Waals surface area contributed by atoms with Crippen molar-refractivity contribution in [1.29, 1.82) is 0 Å². The molecule has 1 aromatic carbocycles. The number of carbonyl (C=O) groups is 1. The van der Waals surface area contributed by atoms with Crippen LogP contribution in [0.2, 0.25) is 0 Å². The third-order valence-electron chi connectivity index (χ3n) is 2.93. The van der Waals surface area contributed by atoms with Crippen molar-refractivity contribution in [3.05, 3.63) is 29.8 Å². The second-order valence-corrected chi connectivity index (χ2v) is 4.53. The van der Waals surface area contributed by atoms with E-state index in [1.54, 1.807) is 0 Å². The lowest BCUT2D eigenvalue weighted by molar-refractivity contribution is -0.126. The van der Waals surface area contributed by atoms with E-state index in [0.29, 0.717) is 26.4 Å². The van der Waals surface area contributed by atoms with Crippen LogP contribution in [0.1, 0.15) is 5.56 Å². The number of morpholine rings is 1. The minimum Gasteiger partial charge on any atom is -0.492 e. The largest absolute Gasteiger partial charge is 0.492 e. The van der Waals surface area contributed by atoms with Gasteiger partial charge in [0, 0.05) is 6.54 Å². The molecule has 0 aromatic heterocycles. The van der Waals surface area contributed by atoms with Crippen LogP contribution in [0, 0.1) is 6.92 Å². The molecule has 0 radical (unpaired) electrons. The first kappa shape index (κ1) is 13.8. The molecule has 1 fully saturated rings. The average Bonchev–Trinajstić information content (AvgIpc) is 2.46. The zero-order valence-corrected chi connectivity index (χ0v) is 11.1. The van der Waals surface area contributed by atoms with Crippen LogP contribution < -0.4 is 15.4 Å². The van der Waals surface area contributed by atoms with E-state index < -0.39 is 0 Å². The molecule has 1 saturated heterocycles. The molecule has 0 spiro atoms. The molecule has 0 bridgehead atoms. The number of hydrogen-bond acceptors (Lipinski definition) is 4. The van der Waals surface area contributed by atoms with Crippen molar-refractivity contribution >= 4 is 5.91 Å². The molecule has 5 heteroatoms. The fourth-order valence-corrected chi connectivity index (χ4v) is 1.83. The Morgan fingerprint density at radius 1 is 1.47 bits per heavy atom. The molecule has 1 heterocycles. The van der Waals surface area contributed by atoms with Gasteiger partial charge in [0.05, 0.1) is 19.8 Å². The highest BCUT2D eigenvalue weighted by molar-refractivity contribution is 5.81. The summed E-state index contributed by atoms with van der Waals surface area (Å²) in [7, 11) is 0. The summed E-state index contributed by atoms with van der Waals surface area (Å²) < 4.78 is 10.8. The van der Waals surface area contributed by atoms with Gasteiger partial charge < -0.3 is 20.1 Å². The maximum absolute atomic E-state index is 11.7. The summed E-state index contributed by atoms with van der Waals surface area (Å²) in [5.41, 5.74) is 1.20. The Bertz CT molecular complexity index is 400. The van der Waals surface area contributed by atoms with E-state index in [2.05, 4.69) is 10.6 Å². The van der Waals surface area contributed by atoms with Gasteiger partial charge in [-0.1, -0.05) is 17.7 Å². The van der Waals surface area contributed by atoms with Gasteiger partial charge >= 0.3 is 0 Å². The first-order valence-electron chi connectivity index (χ1n) is 6.54. The molecule has 1 aliphatic rings. The van der Waals surface area contributed by atoms with Crippen LogP contribution in [0.5, 0.6) is 5.75 Å². The number of carbonyl (C=O) groups excluding carboxylic acids is 1. The quantitative estimate of drug-likeness (QED) is 0.759. The third kappa shape index (κ3) is 4.54. The van der Waals surface area contributed by atoms with Gasteiger partial charge in [-0.05, 0) is 19.1 Å². The van der Waals surface area contributed by atoms with E-state index >= 15 is 0 Å². The van der Waals surface area contributed by atoms with Gasteiger partial charge in [0.2, 0.25) is 5.91 Å². The van der Waals surface area contributed by atoms with Crippen LogP contribution in [0.3, 0.4) is 0 Å². The van der Waals surface area contributed by atoms with E-state index in [9.17, 15) is 4.79 Å². The van der Waals surface area contributed by atoms with E-state index in [1.807, 2.05) is 31.2 Å². The van der Waals surface area contributed by atoms with Gasteiger partial charge in [0.25, 0.3) is 0 Å². The van der Waals surface area contributed by atoms with Crippen molar-refractivity contribution in [3.63, 3.8) is 0 Å². The summed E-state index contributed by atoms with van der Waals surface area (Å²) in [5.74, 6) is 0.783. The fraction of sp³-hybridized carbons (Fsp3) is 0.500. The molecular weight excluding hydrogens is 244 g/mol. The number of nitrogens with one attached hydrogen (secondary N) is 2. The Morgan fingerprint density at radius 2 is 2.26 bits per heavy atom. The lowest BCUT2D eigenvalue weighted by atomic mass is 10.2. The Labute approximate surface area is 113 Å². The van der Waals surface area contributed by atoms with Crippen molar-refractivity contribution in [3.8, 4) is 5.75 Å². The molecule has 2 N–H and O–H groups in total. The number of aryl methyl sites for hydroxylation is 1. The van der Waals surface area contributed by atoms with Gasteiger partial charge in [-0.3, -0.25) is 4.79 Å². The molecule has 1 unspecified atom stereocenters. The summed E-state index contributed by atoms with van der Waals surface area (Å²) in [6.07, 6.45) is 0. The van der Waals surface area contributed by atoms with Crippen molar-refractivity contribution in [2.75, 3.05) is 32.9 Å². The highest BCUT2D eigenvalue weighted by Gasteiger charge is 2.20. The summed E-state index contributed by atoms with van der Waals surface area (Å²) in [5, 5.41) is 5.93.